The lowest BCUT2D eigenvalue weighted by molar-refractivity contribution is 0.0791. The molecule has 0 saturated heterocycles. The van der Waals surface area contributed by atoms with Gasteiger partial charge in [0.2, 0.25) is 0 Å². The zero-order valence-corrected chi connectivity index (χ0v) is 10.9. The number of nitrogens with zero attached hydrogens (tertiary/aromatic N) is 1. The van der Waals surface area contributed by atoms with E-state index in [2.05, 4.69) is 0 Å². The monoisotopic (exact) mass is 253 g/mol. The number of rotatable bonds is 6. The Morgan fingerprint density at radius 3 is 2.72 bits per heavy atom. The van der Waals surface area contributed by atoms with Crippen molar-refractivity contribution < 1.29 is 14.3 Å². The summed E-state index contributed by atoms with van der Waals surface area (Å²) in [6.45, 7) is 2.60. The van der Waals surface area contributed by atoms with Crippen molar-refractivity contribution in [2.24, 2.45) is 0 Å². The predicted molar refractivity (Wildman–Crippen MR) is 69.0 cm³/mol. The average molecular weight is 253 g/mol. The molecule has 0 aromatic heterocycles. The molecule has 0 unspecified atom stereocenters. The molecule has 1 aromatic rings. The first-order chi connectivity index (χ1) is 8.56. The standard InChI is InChI=1S/C14H20FNO2/c1-11-6-7-12(15)10-13(11)14(18)16(2)8-4-3-5-9-17/h6-7,10,17H,3-5,8-9H2,1-2H3. The SMILES string of the molecule is Cc1ccc(F)cc1C(=O)N(C)CCCCCO. The summed E-state index contributed by atoms with van der Waals surface area (Å²) in [6, 6.07) is 4.25. The van der Waals surface area contributed by atoms with E-state index in [4.69, 9.17) is 5.11 Å². The van der Waals surface area contributed by atoms with Gasteiger partial charge in [-0.1, -0.05) is 6.07 Å². The third kappa shape index (κ3) is 4.11. The highest BCUT2D eigenvalue weighted by Crippen LogP contribution is 2.13. The van der Waals surface area contributed by atoms with Crippen molar-refractivity contribution in [3.05, 3.63) is 35.1 Å². The minimum absolute atomic E-state index is 0.156. The molecule has 1 aromatic carbocycles. The smallest absolute Gasteiger partial charge is 0.253 e. The molecule has 0 bridgehead atoms. The minimum atomic E-state index is -0.391. The number of hydrogen-bond donors (Lipinski definition) is 1. The Hall–Kier alpha value is -1.42. The molecule has 0 fully saturated rings. The Morgan fingerprint density at radius 2 is 2.06 bits per heavy atom. The number of hydrogen-bond acceptors (Lipinski definition) is 2. The number of aliphatic hydroxyl groups is 1. The lowest BCUT2D eigenvalue weighted by Gasteiger charge is -2.18. The van der Waals surface area contributed by atoms with Gasteiger partial charge in [0.1, 0.15) is 5.82 Å². The molecule has 1 amide bonds. The van der Waals surface area contributed by atoms with Crippen LogP contribution in [-0.4, -0.2) is 36.1 Å². The van der Waals surface area contributed by atoms with E-state index in [0.717, 1.165) is 24.8 Å². The van der Waals surface area contributed by atoms with Crippen LogP contribution in [0.3, 0.4) is 0 Å². The van der Waals surface area contributed by atoms with Crippen LogP contribution < -0.4 is 0 Å². The molecule has 0 saturated carbocycles. The molecule has 0 aliphatic rings. The fourth-order valence-electron chi connectivity index (χ4n) is 1.77. The van der Waals surface area contributed by atoms with Crippen LogP contribution in [0.2, 0.25) is 0 Å². The zero-order valence-electron chi connectivity index (χ0n) is 10.9. The number of aliphatic hydroxyl groups excluding tert-OH is 1. The number of benzene rings is 1. The first-order valence-electron chi connectivity index (χ1n) is 6.18. The first kappa shape index (κ1) is 14.6. The summed E-state index contributed by atoms with van der Waals surface area (Å²) in [7, 11) is 1.71. The van der Waals surface area contributed by atoms with Gasteiger partial charge in [0.25, 0.3) is 5.91 Å². The summed E-state index contributed by atoms with van der Waals surface area (Å²) in [6.07, 6.45) is 2.48. The van der Waals surface area contributed by atoms with Gasteiger partial charge < -0.3 is 10.0 Å². The van der Waals surface area contributed by atoms with Crippen LogP contribution >= 0.6 is 0 Å². The first-order valence-corrected chi connectivity index (χ1v) is 6.18. The second-order valence-electron chi connectivity index (χ2n) is 4.47. The van der Waals surface area contributed by atoms with E-state index in [1.807, 2.05) is 0 Å². The molecule has 100 valence electrons. The summed E-state index contributed by atoms with van der Waals surface area (Å²) in [5, 5.41) is 8.66. The van der Waals surface area contributed by atoms with Gasteiger partial charge in [-0.05, 0) is 43.9 Å². The van der Waals surface area contributed by atoms with Crippen LogP contribution in [0.15, 0.2) is 18.2 Å². The van der Waals surface area contributed by atoms with Crippen LogP contribution in [0.4, 0.5) is 4.39 Å². The molecule has 0 aliphatic heterocycles. The highest BCUT2D eigenvalue weighted by atomic mass is 19.1. The molecular weight excluding hydrogens is 233 g/mol. The van der Waals surface area contributed by atoms with Crippen molar-refractivity contribution in [3.63, 3.8) is 0 Å². The molecule has 4 heteroatoms. The van der Waals surface area contributed by atoms with Gasteiger partial charge in [0.15, 0.2) is 0 Å². The largest absolute Gasteiger partial charge is 0.396 e. The fourth-order valence-corrected chi connectivity index (χ4v) is 1.77. The van der Waals surface area contributed by atoms with Gasteiger partial charge in [-0.25, -0.2) is 4.39 Å². The predicted octanol–water partition coefficient (Wildman–Crippen LogP) is 2.37. The Bertz CT molecular complexity index is 407. The fraction of sp³-hybridized carbons (Fsp3) is 0.500. The molecule has 0 atom stereocenters. The number of amides is 1. The number of unbranched alkanes of at least 4 members (excludes halogenated alkanes) is 2. The van der Waals surface area contributed by atoms with Crippen molar-refractivity contribution >= 4 is 5.91 Å². The van der Waals surface area contributed by atoms with Gasteiger partial charge in [-0.2, -0.15) is 0 Å². The number of aryl methyl sites for hydroxylation is 1. The van der Waals surface area contributed by atoms with Crippen LogP contribution in [0, 0.1) is 12.7 Å². The van der Waals surface area contributed by atoms with E-state index in [0.29, 0.717) is 12.1 Å². The molecule has 0 radical (unpaired) electrons. The molecule has 1 N–H and O–H groups in total. The second-order valence-corrected chi connectivity index (χ2v) is 4.47. The maximum atomic E-state index is 13.1. The van der Waals surface area contributed by atoms with Gasteiger partial charge in [-0.3, -0.25) is 4.79 Å². The van der Waals surface area contributed by atoms with Crippen molar-refractivity contribution in [2.75, 3.05) is 20.2 Å². The van der Waals surface area contributed by atoms with Crippen molar-refractivity contribution in [3.8, 4) is 0 Å². The summed E-state index contributed by atoms with van der Waals surface area (Å²) in [5.41, 5.74) is 1.20. The summed E-state index contributed by atoms with van der Waals surface area (Å²) >= 11 is 0. The summed E-state index contributed by atoms with van der Waals surface area (Å²) in [5.74, 6) is -0.548. The summed E-state index contributed by atoms with van der Waals surface area (Å²) < 4.78 is 13.1. The molecule has 3 nitrogen and oxygen atoms in total. The van der Waals surface area contributed by atoms with Crippen LogP contribution in [-0.2, 0) is 0 Å². The van der Waals surface area contributed by atoms with E-state index in [1.54, 1.807) is 24.9 Å². The highest BCUT2D eigenvalue weighted by Gasteiger charge is 2.14. The van der Waals surface area contributed by atoms with Crippen molar-refractivity contribution in [1.29, 1.82) is 0 Å². The van der Waals surface area contributed by atoms with Gasteiger partial charge in [0, 0.05) is 25.8 Å². The minimum Gasteiger partial charge on any atom is -0.396 e. The average Bonchev–Trinajstić information content (AvgIpc) is 2.36. The van der Waals surface area contributed by atoms with Gasteiger partial charge >= 0.3 is 0 Å². The molecule has 0 spiro atoms. The zero-order chi connectivity index (χ0) is 13.5. The quantitative estimate of drug-likeness (QED) is 0.791. The lowest BCUT2D eigenvalue weighted by Crippen LogP contribution is -2.28. The van der Waals surface area contributed by atoms with E-state index in [-0.39, 0.29) is 12.5 Å². The lowest BCUT2D eigenvalue weighted by atomic mass is 10.1. The van der Waals surface area contributed by atoms with E-state index in [1.165, 1.54) is 12.1 Å². The molecule has 18 heavy (non-hydrogen) atoms. The molecule has 0 aliphatic carbocycles. The van der Waals surface area contributed by atoms with Gasteiger partial charge in [-0.15, -0.1) is 0 Å². The molecule has 0 heterocycles. The number of carbonyl (C=O) groups excluding carboxylic acids is 1. The van der Waals surface area contributed by atoms with Crippen LogP contribution in [0.1, 0.15) is 35.2 Å². The Labute approximate surface area is 107 Å². The number of halogens is 1. The van der Waals surface area contributed by atoms with Crippen LogP contribution in [0.25, 0.3) is 0 Å². The van der Waals surface area contributed by atoms with Crippen molar-refractivity contribution in [2.45, 2.75) is 26.2 Å². The second kappa shape index (κ2) is 7.11. The van der Waals surface area contributed by atoms with Gasteiger partial charge in [0.05, 0.1) is 0 Å². The summed E-state index contributed by atoms with van der Waals surface area (Å²) in [4.78, 5) is 13.7. The Morgan fingerprint density at radius 1 is 1.33 bits per heavy atom. The number of carbonyl (C=O) groups is 1. The maximum absolute atomic E-state index is 13.1. The van der Waals surface area contributed by atoms with Crippen LogP contribution in [0.5, 0.6) is 0 Å². The van der Waals surface area contributed by atoms with Crippen molar-refractivity contribution in [1.82, 2.24) is 4.90 Å². The van der Waals surface area contributed by atoms with E-state index < -0.39 is 5.82 Å². The molecular formula is C14H20FNO2. The van der Waals surface area contributed by atoms with E-state index >= 15 is 0 Å². The topological polar surface area (TPSA) is 40.5 Å². The van der Waals surface area contributed by atoms with E-state index in [9.17, 15) is 9.18 Å². The maximum Gasteiger partial charge on any atom is 0.253 e. The highest BCUT2D eigenvalue weighted by molar-refractivity contribution is 5.95. The third-order valence-electron chi connectivity index (χ3n) is 2.93. The Kier molecular flexibility index (Phi) is 5.78. The molecule has 1 rings (SSSR count). The Balaban J connectivity index is 2.60. The normalized spacial score (nSPS) is 10.4. The third-order valence-corrected chi connectivity index (χ3v) is 2.93.